The second-order valence-electron chi connectivity index (χ2n) is 6.54. The van der Waals surface area contributed by atoms with Gasteiger partial charge in [0.15, 0.2) is 0 Å². The minimum atomic E-state index is -0.926. The predicted octanol–water partition coefficient (Wildman–Crippen LogP) is 1.84. The van der Waals surface area contributed by atoms with Gasteiger partial charge in [-0.3, -0.25) is 19.2 Å². The second kappa shape index (κ2) is 7.57. The number of ether oxygens (including phenoxy) is 1. The van der Waals surface area contributed by atoms with Crippen LogP contribution < -0.4 is 0 Å². The number of carboxylic acid groups (broad SMARTS) is 2. The summed E-state index contributed by atoms with van der Waals surface area (Å²) in [7, 11) is 0. The van der Waals surface area contributed by atoms with Crippen LogP contribution in [0.3, 0.4) is 0 Å². The summed E-state index contributed by atoms with van der Waals surface area (Å²) in [5.74, 6) is -5.45. The van der Waals surface area contributed by atoms with Gasteiger partial charge in [-0.05, 0) is 38.5 Å². The molecule has 0 aromatic carbocycles. The predicted molar refractivity (Wildman–Crippen MR) is 77.3 cm³/mol. The van der Waals surface area contributed by atoms with E-state index in [-0.39, 0.29) is 12.8 Å². The van der Waals surface area contributed by atoms with Crippen LogP contribution in [0, 0.1) is 23.7 Å². The van der Waals surface area contributed by atoms with Crippen molar-refractivity contribution in [3.8, 4) is 0 Å². The maximum Gasteiger partial charge on any atom is 0.316 e. The molecule has 7 nitrogen and oxygen atoms in total. The average Bonchev–Trinajstić information content (AvgIpc) is 2.54. The molecule has 0 radical (unpaired) electrons. The summed E-state index contributed by atoms with van der Waals surface area (Å²) in [5.41, 5.74) is 0. The highest BCUT2D eigenvalue weighted by Gasteiger charge is 2.36. The lowest BCUT2D eigenvalue weighted by molar-refractivity contribution is -0.168. The zero-order valence-electron chi connectivity index (χ0n) is 12.9. The van der Waals surface area contributed by atoms with Crippen molar-refractivity contribution in [2.24, 2.45) is 23.7 Å². The van der Waals surface area contributed by atoms with Crippen LogP contribution >= 0.6 is 0 Å². The smallest absolute Gasteiger partial charge is 0.316 e. The van der Waals surface area contributed by atoms with Crippen molar-refractivity contribution in [2.45, 2.75) is 51.4 Å². The summed E-state index contributed by atoms with van der Waals surface area (Å²) in [4.78, 5) is 46.2. The van der Waals surface area contributed by atoms with E-state index in [0.29, 0.717) is 38.5 Å². The minimum Gasteiger partial charge on any atom is -0.481 e. The first-order valence-corrected chi connectivity index (χ1v) is 8.09. The van der Waals surface area contributed by atoms with Gasteiger partial charge in [-0.2, -0.15) is 0 Å². The zero-order chi connectivity index (χ0) is 17.0. The molecule has 4 atom stereocenters. The Morgan fingerprint density at radius 3 is 1.35 bits per heavy atom. The third-order valence-corrected chi connectivity index (χ3v) is 4.91. The fourth-order valence-corrected chi connectivity index (χ4v) is 3.52. The van der Waals surface area contributed by atoms with Gasteiger partial charge >= 0.3 is 23.9 Å². The summed E-state index contributed by atoms with van der Waals surface area (Å²) in [5, 5.41) is 18.1. The van der Waals surface area contributed by atoms with E-state index in [4.69, 9.17) is 14.9 Å². The molecular weight excluding hydrogens is 304 g/mol. The van der Waals surface area contributed by atoms with E-state index in [1.807, 2.05) is 0 Å². The number of carboxylic acids is 2. The van der Waals surface area contributed by atoms with Crippen molar-refractivity contribution in [1.29, 1.82) is 0 Å². The summed E-state index contributed by atoms with van der Waals surface area (Å²) >= 11 is 0. The minimum absolute atomic E-state index is 0.198. The largest absolute Gasteiger partial charge is 0.481 e. The molecule has 0 bridgehead atoms. The molecule has 4 unspecified atom stereocenters. The molecule has 0 heterocycles. The van der Waals surface area contributed by atoms with Gasteiger partial charge in [0.2, 0.25) is 0 Å². The van der Waals surface area contributed by atoms with E-state index < -0.39 is 47.5 Å². The van der Waals surface area contributed by atoms with E-state index in [1.54, 1.807) is 0 Å². The van der Waals surface area contributed by atoms with Crippen molar-refractivity contribution < 1.29 is 34.1 Å². The van der Waals surface area contributed by atoms with E-state index in [2.05, 4.69) is 0 Å². The van der Waals surface area contributed by atoms with Crippen LogP contribution in [0.5, 0.6) is 0 Å². The number of carbonyl (C=O) groups excluding carboxylic acids is 2. The molecule has 0 spiro atoms. The molecule has 2 rings (SSSR count). The first kappa shape index (κ1) is 17.4. The molecule has 2 saturated carbocycles. The molecule has 2 aliphatic rings. The third-order valence-electron chi connectivity index (χ3n) is 4.91. The Kier molecular flexibility index (Phi) is 5.74. The number of aliphatic carboxylic acids is 2. The molecule has 128 valence electrons. The molecule has 7 heteroatoms. The summed E-state index contributed by atoms with van der Waals surface area (Å²) < 4.78 is 4.92. The maximum absolute atomic E-state index is 12.1. The van der Waals surface area contributed by atoms with Crippen molar-refractivity contribution >= 4 is 23.9 Å². The number of carbonyl (C=O) groups is 4. The number of rotatable bonds is 4. The molecule has 0 amide bonds. The van der Waals surface area contributed by atoms with E-state index in [0.717, 1.165) is 0 Å². The Bertz CT molecular complexity index is 455. The quantitative estimate of drug-likeness (QED) is 0.597. The normalized spacial score (nSPS) is 31.1. The zero-order valence-corrected chi connectivity index (χ0v) is 12.9. The molecule has 0 saturated heterocycles. The Balaban J connectivity index is 1.88. The summed E-state index contributed by atoms with van der Waals surface area (Å²) in [6.07, 6.45) is 3.77. The lowest BCUT2D eigenvalue weighted by Gasteiger charge is -2.27. The lowest BCUT2D eigenvalue weighted by Crippen LogP contribution is -2.33. The van der Waals surface area contributed by atoms with Crippen molar-refractivity contribution in [3.63, 3.8) is 0 Å². The molecule has 2 N–H and O–H groups in total. The van der Waals surface area contributed by atoms with Gasteiger partial charge in [-0.15, -0.1) is 0 Å². The van der Waals surface area contributed by atoms with Gasteiger partial charge in [-0.1, -0.05) is 12.8 Å². The van der Waals surface area contributed by atoms with Crippen LogP contribution in [0.2, 0.25) is 0 Å². The Hall–Kier alpha value is -1.92. The molecule has 0 aromatic rings. The van der Waals surface area contributed by atoms with Crippen LogP contribution in [-0.2, 0) is 23.9 Å². The second-order valence-corrected chi connectivity index (χ2v) is 6.54. The van der Waals surface area contributed by atoms with Crippen molar-refractivity contribution in [3.05, 3.63) is 0 Å². The van der Waals surface area contributed by atoms with Gasteiger partial charge in [0.1, 0.15) is 0 Å². The van der Waals surface area contributed by atoms with Crippen LogP contribution in [-0.4, -0.2) is 34.1 Å². The van der Waals surface area contributed by atoms with Gasteiger partial charge in [0, 0.05) is 0 Å². The summed E-state index contributed by atoms with van der Waals surface area (Å²) in [6.45, 7) is 0. The fraction of sp³-hybridized carbons (Fsp3) is 0.750. The van der Waals surface area contributed by atoms with E-state index >= 15 is 0 Å². The SMILES string of the molecule is O=C(O)C1CCCC(C(=O)OC(=O)C2CCCC(C(=O)O)C2)C1. The number of hydrogen-bond acceptors (Lipinski definition) is 5. The van der Waals surface area contributed by atoms with Crippen LogP contribution in [0.15, 0.2) is 0 Å². The highest BCUT2D eigenvalue weighted by Crippen LogP contribution is 2.32. The molecule has 2 fully saturated rings. The fourth-order valence-electron chi connectivity index (χ4n) is 3.52. The number of hydrogen-bond donors (Lipinski definition) is 2. The first-order chi connectivity index (χ1) is 10.9. The van der Waals surface area contributed by atoms with E-state index in [1.165, 1.54) is 0 Å². The van der Waals surface area contributed by atoms with Crippen LogP contribution in [0.1, 0.15) is 51.4 Å². The molecule has 0 aromatic heterocycles. The van der Waals surface area contributed by atoms with Crippen LogP contribution in [0.4, 0.5) is 0 Å². The Labute approximate surface area is 134 Å². The third kappa shape index (κ3) is 4.53. The Morgan fingerprint density at radius 2 is 1.00 bits per heavy atom. The molecule has 2 aliphatic carbocycles. The first-order valence-electron chi connectivity index (χ1n) is 8.09. The molecule has 0 aliphatic heterocycles. The molecule has 23 heavy (non-hydrogen) atoms. The highest BCUT2D eigenvalue weighted by atomic mass is 16.6. The van der Waals surface area contributed by atoms with Crippen molar-refractivity contribution in [1.82, 2.24) is 0 Å². The molecular formula is C16H22O7. The van der Waals surface area contributed by atoms with Crippen molar-refractivity contribution in [2.75, 3.05) is 0 Å². The van der Waals surface area contributed by atoms with Crippen LogP contribution in [0.25, 0.3) is 0 Å². The van der Waals surface area contributed by atoms with Gasteiger partial charge in [0.05, 0.1) is 23.7 Å². The highest BCUT2D eigenvalue weighted by molar-refractivity contribution is 5.88. The standard InChI is InChI=1S/C16H22O7/c17-13(18)9-3-1-5-11(7-9)15(21)23-16(22)12-6-2-4-10(8-12)14(19)20/h9-12H,1-8H2,(H,17,18)(H,19,20). The average molecular weight is 326 g/mol. The summed E-state index contributed by atoms with van der Waals surface area (Å²) in [6, 6.07) is 0. The Morgan fingerprint density at radius 1 is 0.652 bits per heavy atom. The van der Waals surface area contributed by atoms with E-state index in [9.17, 15) is 19.2 Å². The number of esters is 2. The van der Waals surface area contributed by atoms with Gasteiger partial charge in [-0.25, -0.2) is 0 Å². The monoisotopic (exact) mass is 326 g/mol. The maximum atomic E-state index is 12.1. The van der Waals surface area contributed by atoms with Gasteiger partial charge in [0.25, 0.3) is 0 Å². The van der Waals surface area contributed by atoms with Gasteiger partial charge < -0.3 is 14.9 Å². The topological polar surface area (TPSA) is 118 Å². The lowest BCUT2D eigenvalue weighted by atomic mass is 9.81.